The number of nitrogens with zero attached hydrogens (tertiary/aromatic N) is 3. The van der Waals surface area contributed by atoms with Gasteiger partial charge in [0.1, 0.15) is 11.2 Å². The summed E-state index contributed by atoms with van der Waals surface area (Å²) in [6, 6.07) is -0.451. The molecule has 2 aliphatic rings. The number of guanidine groups is 2. The highest BCUT2D eigenvalue weighted by Crippen LogP contribution is 2.15. The highest BCUT2D eigenvalue weighted by atomic mass is 16.6. The van der Waals surface area contributed by atoms with Gasteiger partial charge in [-0.25, -0.2) is 9.59 Å². The number of nitrogens with two attached hydrogens (primary N) is 1. The molecule has 216 valence electrons. The van der Waals surface area contributed by atoms with Crippen molar-refractivity contribution < 1.29 is 28.7 Å². The van der Waals surface area contributed by atoms with Crippen LogP contribution in [0.1, 0.15) is 67.2 Å². The molecule has 38 heavy (non-hydrogen) atoms. The molecule has 0 bridgehead atoms. The maximum absolute atomic E-state index is 11.9. The fraction of sp³-hybridized carbons (Fsp3) is 0.750. The second-order valence-corrected chi connectivity index (χ2v) is 11.2. The Bertz CT molecular complexity index is 909. The minimum atomic E-state index is -0.815. The first kappa shape index (κ1) is 32.8. The van der Waals surface area contributed by atoms with E-state index in [9.17, 15) is 19.2 Å². The number of hydrogen-bond acceptors (Lipinski definition) is 9. The standard InChI is InChI=1S/2C12H22N4O3/c2*1-12(2,3)19-11(18)15-10(13)14-9(17)8-6-5-7-16(8)4/h2*8H,5-7H2,1-4H3,(H3,13,14,15,17,18)/t2*8-/m00/s1. The van der Waals surface area contributed by atoms with Crippen LogP contribution in [-0.4, -0.2) is 96.2 Å². The molecule has 2 fully saturated rings. The first-order valence-electron chi connectivity index (χ1n) is 12.6. The summed E-state index contributed by atoms with van der Waals surface area (Å²) in [6.07, 6.45) is 1.91. The fourth-order valence-electron chi connectivity index (χ4n) is 3.75. The monoisotopic (exact) mass is 540 g/mol. The van der Waals surface area contributed by atoms with E-state index in [-0.39, 0.29) is 35.8 Å². The van der Waals surface area contributed by atoms with Gasteiger partial charge in [-0.1, -0.05) is 0 Å². The van der Waals surface area contributed by atoms with E-state index in [0.717, 1.165) is 38.8 Å². The molecule has 0 unspecified atom stereocenters. The van der Waals surface area contributed by atoms with Crippen molar-refractivity contribution in [3.8, 4) is 0 Å². The van der Waals surface area contributed by atoms with Crippen molar-refractivity contribution in [2.75, 3.05) is 27.2 Å². The van der Waals surface area contributed by atoms with Crippen LogP contribution < -0.4 is 21.7 Å². The predicted octanol–water partition coefficient (Wildman–Crippen LogP) is 1.10. The van der Waals surface area contributed by atoms with Gasteiger partial charge in [-0.15, -0.1) is 4.99 Å². The van der Waals surface area contributed by atoms with Crippen molar-refractivity contribution in [2.24, 2.45) is 10.7 Å². The first-order valence-corrected chi connectivity index (χ1v) is 12.6. The average molecular weight is 541 g/mol. The summed E-state index contributed by atoms with van der Waals surface area (Å²) in [7, 11) is 3.74. The van der Waals surface area contributed by atoms with Crippen LogP contribution in [0.3, 0.4) is 0 Å². The molecule has 2 rings (SSSR count). The van der Waals surface area contributed by atoms with Crippen LogP contribution in [0, 0.1) is 5.41 Å². The topological polar surface area (TPSA) is 192 Å². The van der Waals surface area contributed by atoms with Gasteiger partial charge in [0.25, 0.3) is 0 Å². The van der Waals surface area contributed by atoms with Crippen molar-refractivity contribution in [2.45, 2.75) is 90.5 Å². The number of amides is 4. The van der Waals surface area contributed by atoms with E-state index >= 15 is 0 Å². The molecule has 6 N–H and O–H groups in total. The Hall–Kier alpha value is -3.26. The Balaban J connectivity index is 0.000000380. The van der Waals surface area contributed by atoms with Crippen LogP contribution in [-0.2, 0) is 19.1 Å². The summed E-state index contributed by atoms with van der Waals surface area (Å²) >= 11 is 0. The quantitative estimate of drug-likeness (QED) is 0.252. The fourth-order valence-corrected chi connectivity index (χ4v) is 3.75. The summed E-state index contributed by atoms with van der Waals surface area (Å²) < 4.78 is 9.95. The second-order valence-electron chi connectivity index (χ2n) is 11.2. The highest BCUT2D eigenvalue weighted by molar-refractivity contribution is 6.03. The molecule has 0 aliphatic carbocycles. The summed E-state index contributed by atoms with van der Waals surface area (Å²) in [5, 5.41) is 14.5. The second kappa shape index (κ2) is 14.0. The lowest BCUT2D eigenvalue weighted by molar-refractivity contribution is -0.124. The number of carbonyl (C=O) groups is 4. The maximum atomic E-state index is 11.9. The molecule has 4 amide bonds. The number of likely N-dealkylation sites (N-methyl/N-ethyl adjacent to an activating group) is 2. The Morgan fingerprint density at radius 1 is 0.816 bits per heavy atom. The van der Waals surface area contributed by atoms with Gasteiger partial charge in [0.15, 0.2) is 0 Å². The molecule has 0 spiro atoms. The molecule has 0 aromatic heterocycles. The SMILES string of the molecule is CN1CCC[C@H]1C(=O)N/C(N)=N\C(=O)OC(C)(C)C.CN1CCC[C@H]1C(=O)NC(=N)NC(=O)OC(C)(C)C. The Morgan fingerprint density at radius 3 is 1.66 bits per heavy atom. The molecule has 2 atom stereocenters. The van der Waals surface area contributed by atoms with Crippen LogP contribution in [0.4, 0.5) is 9.59 Å². The zero-order valence-corrected chi connectivity index (χ0v) is 23.8. The number of alkyl carbamates (subject to hydrolysis) is 1. The van der Waals surface area contributed by atoms with Gasteiger partial charge in [-0.05, 0) is 94.4 Å². The van der Waals surface area contributed by atoms with Gasteiger partial charge in [0, 0.05) is 0 Å². The lowest BCUT2D eigenvalue weighted by Gasteiger charge is -2.21. The molecule has 0 saturated carbocycles. The lowest BCUT2D eigenvalue weighted by Crippen LogP contribution is -2.50. The van der Waals surface area contributed by atoms with Crippen LogP contribution in [0.2, 0.25) is 0 Å². The number of carbonyl (C=O) groups excluding carboxylic acids is 4. The molecule has 2 heterocycles. The van der Waals surface area contributed by atoms with Gasteiger partial charge in [-0.3, -0.25) is 40.7 Å². The third-order valence-electron chi connectivity index (χ3n) is 5.38. The van der Waals surface area contributed by atoms with Gasteiger partial charge < -0.3 is 15.2 Å². The number of aliphatic imine (C=N–C) groups is 1. The third-order valence-corrected chi connectivity index (χ3v) is 5.38. The van der Waals surface area contributed by atoms with E-state index in [4.69, 9.17) is 20.6 Å². The van der Waals surface area contributed by atoms with Crippen molar-refractivity contribution in [3.05, 3.63) is 0 Å². The Labute approximate surface area is 224 Å². The minimum absolute atomic E-state index is 0.215. The summed E-state index contributed by atoms with van der Waals surface area (Å²) in [5.41, 5.74) is 4.22. The van der Waals surface area contributed by atoms with Crippen LogP contribution >= 0.6 is 0 Å². The van der Waals surface area contributed by atoms with Crippen molar-refractivity contribution in [3.63, 3.8) is 0 Å². The van der Waals surface area contributed by atoms with Crippen LogP contribution in [0.25, 0.3) is 0 Å². The van der Waals surface area contributed by atoms with E-state index in [2.05, 4.69) is 20.9 Å². The average Bonchev–Trinajstić information content (AvgIpc) is 3.32. The number of hydrogen-bond donors (Lipinski definition) is 5. The van der Waals surface area contributed by atoms with Crippen molar-refractivity contribution >= 4 is 35.9 Å². The molecule has 0 aromatic carbocycles. The van der Waals surface area contributed by atoms with Crippen LogP contribution in [0.15, 0.2) is 4.99 Å². The first-order chi connectivity index (χ1) is 17.4. The largest absolute Gasteiger partial charge is 0.444 e. The number of nitrogens with one attached hydrogen (secondary N) is 4. The number of likely N-dealkylation sites (tertiary alicyclic amines) is 2. The highest BCUT2D eigenvalue weighted by Gasteiger charge is 2.29. The molecular weight excluding hydrogens is 496 g/mol. The smallest absolute Gasteiger partial charge is 0.437 e. The zero-order chi connectivity index (χ0) is 29.3. The summed E-state index contributed by atoms with van der Waals surface area (Å²) in [5.74, 6) is -1.12. The van der Waals surface area contributed by atoms with Gasteiger partial charge >= 0.3 is 12.2 Å². The molecule has 2 aliphatic heterocycles. The van der Waals surface area contributed by atoms with Crippen molar-refractivity contribution in [1.29, 1.82) is 5.41 Å². The van der Waals surface area contributed by atoms with E-state index in [1.807, 2.05) is 23.9 Å². The van der Waals surface area contributed by atoms with Crippen LogP contribution in [0.5, 0.6) is 0 Å². The van der Waals surface area contributed by atoms with E-state index in [1.165, 1.54) is 0 Å². The van der Waals surface area contributed by atoms with E-state index < -0.39 is 23.4 Å². The molecule has 14 heteroatoms. The Morgan fingerprint density at radius 2 is 1.26 bits per heavy atom. The Kier molecular flexibility index (Phi) is 12.1. The van der Waals surface area contributed by atoms with E-state index in [0.29, 0.717) is 0 Å². The van der Waals surface area contributed by atoms with E-state index in [1.54, 1.807) is 41.5 Å². The van der Waals surface area contributed by atoms with Gasteiger partial charge in [-0.2, -0.15) is 0 Å². The lowest BCUT2D eigenvalue weighted by atomic mass is 10.2. The minimum Gasteiger partial charge on any atom is -0.444 e. The third kappa shape index (κ3) is 12.8. The van der Waals surface area contributed by atoms with Gasteiger partial charge in [0.2, 0.25) is 23.7 Å². The molecule has 2 saturated heterocycles. The van der Waals surface area contributed by atoms with Crippen molar-refractivity contribution in [1.82, 2.24) is 25.8 Å². The predicted molar refractivity (Wildman–Crippen MR) is 143 cm³/mol. The number of ether oxygens (including phenoxy) is 2. The van der Waals surface area contributed by atoms with Gasteiger partial charge in [0.05, 0.1) is 12.1 Å². The molecule has 14 nitrogen and oxygen atoms in total. The molecular formula is C24H44N8O6. The normalized spacial score (nSPS) is 20.6. The maximum Gasteiger partial charge on any atom is 0.437 e. The molecule has 0 aromatic rings. The summed E-state index contributed by atoms with van der Waals surface area (Å²) in [6.45, 7) is 12.1. The zero-order valence-electron chi connectivity index (χ0n) is 23.8. The molecule has 0 radical (unpaired) electrons. The number of rotatable bonds is 2. The summed E-state index contributed by atoms with van der Waals surface area (Å²) in [4.78, 5) is 53.8.